The van der Waals surface area contributed by atoms with Gasteiger partial charge in [0.1, 0.15) is 0 Å². The zero-order valence-electron chi connectivity index (χ0n) is 12.1. The molecule has 2 heterocycles. The molecule has 0 aromatic carbocycles. The van der Waals surface area contributed by atoms with Crippen molar-refractivity contribution in [3.05, 3.63) is 10.4 Å². The number of nitrogens with two attached hydrogens (primary N) is 1. The molecular weight excluding hydrogens is 290 g/mol. The van der Waals surface area contributed by atoms with Gasteiger partial charge in [0.25, 0.3) is 5.56 Å². The van der Waals surface area contributed by atoms with Crippen LogP contribution in [0.25, 0.3) is 11.2 Å². The van der Waals surface area contributed by atoms with E-state index in [1.165, 1.54) is 19.3 Å². The summed E-state index contributed by atoms with van der Waals surface area (Å²) < 4.78 is 1.76. The fraction of sp³-hybridized carbons (Fsp3) is 0.615. The first-order chi connectivity index (χ1) is 10.2. The van der Waals surface area contributed by atoms with Crippen molar-refractivity contribution in [1.29, 1.82) is 0 Å². The molecule has 0 unspecified atom stereocenters. The SMILES string of the molecule is CCCCCCSc1nc2c(=O)[nH]c(N)nc2n1CCO. The van der Waals surface area contributed by atoms with Crippen molar-refractivity contribution in [2.75, 3.05) is 18.1 Å². The highest BCUT2D eigenvalue weighted by Crippen LogP contribution is 2.22. The number of aromatic nitrogens is 4. The van der Waals surface area contributed by atoms with Crippen LogP contribution in [0.2, 0.25) is 0 Å². The minimum absolute atomic E-state index is 0.0385. The molecule has 2 rings (SSSR count). The van der Waals surface area contributed by atoms with E-state index in [0.29, 0.717) is 17.3 Å². The number of aromatic amines is 1. The van der Waals surface area contributed by atoms with Crippen molar-refractivity contribution in [1.82, 2.24) is 19.5 Å². The zero-order chi connectivity index (χ0) is 15.2. The Hall–Kier alpha value is -1.54. The Bertz CT molecular complexity index is 652. The van der Waals surface area contributed by atoms with Gasteiger partial charge in [-0.05, 0) is 6.42 Å². The number of nitrogens with one attached hydrogen (secondary N) is 1. The molecule has 0 saturated heterocycles. The van der Waals surface area contributed by atoms with Crippen molar-refractivity contribution in [2.24, 2.45) is 0 Å². The van der Waals surface area contributed by atoms with Gasteiger partial charge >= 0.3 is 0 Å². The van der Waals surface area contributed by atoms with Crippen molar-refractivity contribution in [2.45, 2.75) is 44.3 Å². The number of hydrogen-bond acceptors (Lipinski definition) is 6. The number of unbranched alkanes of at least 4 members (excludes halogenated alkanes) is 3. The molecule has 7 nitrogen and oxygen atoms in total. The predicted octanol–water partition coefficient (Wildman–Crippen LogP) is 1.37. The number of nitrogens with zero attached hydrogens (tertiary/aromatic N) is 3. The van der Waals surface area contributed by atoms with Crippen LogP contribution in [0.5, 0.6) is 0 Å². The fourth-order valence-electron chi connectivity index (χ4n) is 2.11. The maximum atomic E-state index is 11.9. The average molecular weight is 311 g/mol. The van der Waals surface area contributed by atoms with Crippen molar-refractivity contribution in [3.63, 3.8) is 0 Å². The van der Waals surface area contributed by atoms with Crippen LogP contribution >= 0.6 is 11.8 Å². The Kier molecular flexibility index (Phi) is 5.63. The highest BCUT2D eigenvalue weighted by molar-refractivity contribution is 7.99. The van der Waals surface area contributed by atoms with E-state index in [2.05, 4.69) is 21.9 Å². The summed E-state index contributed by atoms with van der Waals surface area (Å²) in [6.07, 6.45) is 4.72. The van der Waals surface area contributed by atoms with Gasteiger partial charge in [-0.2, -0.15) is 4.98 Å². The van der Waals surface area contributed by atoms with E-state index in [1.54, 1.807) is 16.3 Å². The van der Waals surface area contributed by atoms with Crippen LogP contribution in [0.3, 0.4) is 0 Å². The van der Waals surface area contributed by atoms with Gasteiger partial charge in [-0.1, -0.05) is 37.9 Å². The number of nitrogen functional groups attached to an aromatic ring is 1. The van der Waals surface area contributed by atoms with Gasteiger partial charge in [-0.15, -0.1) is 0 Å². The third-order valence-electron chi connectivity index (χ3n) is 3.14. The van der Waals surface area contributed by atoms with E-state index in [-0.39, 0.29) is 23.6 Å². The highest BCUT2D eigenvalue weighted by Gasteiger charge is 2.15. The van der Waals surface area contributed by atoms with Gasteiger partial charge in [0, 0.05) is 12.3 Å². The smallest absolute Gasteiger partial charge is 0.280 e. The summed E-state index contributed by atoms with van der Waals surface area (Å²) in [5, 5.41) is 9.91. The zero-order valence-corrected chi connectivity index (χ0v) is 12.9. The molecule has 0 aliphatic carbocycles. The van der Waals surface area contributed by atoms with E-state index < -0.39 is 0 Å². The molecule has 116 valence electrons. The van der Waals surface area contributed by atoms with Crippen LogP contribution < -0.4 is 11.3 Å². The third kappa shape index (κ3) is 3.76. The molecule has 0 fully saturated rings. The van der Waals surface area contributed by atoms with Gasteiger partial charge in [-0.25, -0.2) is 4.98 Å². The molecule has 4 N–H and O–H groups in total. The summed E-state index contributed by atoms with van der Waals surface area (Å²) >= 11 is 1.58. The number of aliphatic hydroxyl groups is 1. The average Bonchev–Trinajstić information content (AvgIpc) is 2.78. The Morgan fingerprint density at radius 1 is 1.33 bits per heavy atom. The second kappa shape index (κ2) is 7.46. The maximum Gasteiger partial charge on any atom is 0.280 e. The summed E-state index contributed by atoms with van der Waals surface area (Å²) in [4.78, 5) is 22.8. The Labute approximate surface area is 127 Å². The molecule has 0 atom stereocenters. The van der Waals surface area contributed by atoms with Crippen LogP contribution in [0.1, 0.15) is 32.6 Å². The molecule has 21 heavy (non-hydrogen) atoms. The molecule has 0 amide bonds. The van der Waals surface area contributed by atoms with Crippen LogP contribution in [0, 0.1) is 0 Å². The maximum absolute atomic E-state index is 11.9. The Balaban J connectivity index is 2.23. The van der Waals surface area contributed by atoms with E-state index in [1.807, 2.05) is 0 Å². The van der Waals surface area contributed by atoms with E-state index in [0.717, 1.165) is 12.2 Å². The molecule has 2 aromatic rings. The number of imidazole rings is 1. The first-order valence-corrected chi connectivity index (χ1v) is 8.15. The number of H-pyrrole nitrogens is 1. The van der Waals surface area contributed by atoms with Crippen LogP contribution in [0.15, 0.2) is 9.95 Å². The van der Waals surface area contributed by atoms with Crippen LogP contribution in [-0.4, -0.2) is 37.0 Å². The molecule has 8 heteroatoms. The highest BCUT2D eigenvalue weighted by atomic mass is 32.2. The molecule has 0 aliphatic rings. The molecule has 2 aromatic heterocycles. The third-order valence-corrected chi connectivity index (χ3v) is 4.20. The summed E-state index contributed by atoms with van der Waals surface area (Å²) in [5.41, 5.74) is 5.94. The van der Waals surface area contributed by atoms with E-state index >= 15 is 0 Å². The van der Waals surface area contributed by atoms with Gasteiger partial charge in [0.2, 0.25) is 5.95 Å². The van der Waals surface area contributed by atoms with Gasteiger partial charge in [0.05, 0.1) is 6.61 Å². The normalized spacial score (nSPS) is 11.3. The lowest BCUT2D eigenvalue weighted by Gasteiger charge is -2.06. The minimum atomic E-state index is -0.345. The van der Waals surface area contributed by atoms with Crippen molar-refractivity contribution < 1.29 is 5.11 Å². The first kappa shape index (κ1) is 15.8. The second-order valence-electron chi connectivity index (χ2n) is 4.80. The standard InChI is InChI=1S/C13H21N5O2S/c1-2-3-4-5-8-21-13-15-9-10(18(13)6-7-19)16-12(14)17-11(9)20/h19H,2-8H2,1H3,(H3,14,16,17,20). The summed E-state index contributed by atoms with van der Waals surface area (Å²) in [5.74, 6) is 0.994. The molecule has 0 spiro atoms. The number of aliphatic hydroxyl groups excluding tert-OH is 1. The lowest BCUT2D eigenvalue weighted by atomic mass is 10.2. The number of rotatable bonds is 8. The quantitative estimate of drug-likeness (QED) is 0.501. The summed E-state index contributed by atoms with van der Waals surface area (Å²) in [6, 6.07) is 0. The Morgan fingerprint density at radius 2 is 2.14 bits per heavy atom. The lowest BCUT2D eigenvalue weighted by Crippen LogP contribution is -2.12. The first-order valence-electron chi connectivity index (χ1n) is 7.17. The number of anilines is 1. The summed E-state index contributed by atoms with van der Waals surface area (Å²) in [6.45, 7) is 2.49. The fourth-order valence-corrected chi connectivity index (χ4v) is 3.13. The molecule has 0 bridgehead atoms. The van der Waals surface area contributed by atoms with Crippen LogP contribution in [0.4, 0.5) is 5.95 Å². The van der Waals surface area contributed by atoms with E-state index in [4.69, 9.17) is 5.73 Å². The Morgan fingerprint density at radius 3 is 2.86 bits per heavy atom. The van der Waals surface area contributed by atoms with E-state index in [9.17, 15) is 9.90 Å². The molecular formula is C13H21N5O2S. The van der Waals surface area contributed by atoms with Crippen LogP contribution in [-0.2, 0) is 6.54 Å². The largest absolute Gasteiger partial charge is 0.395 e. The molecule has 0 aliphatic heterocycles. The summed E-state index contributed by atoms with van der Waals surface area (Å²) in [7, 11) is 0. The van der Waals surface area contributed by atoms with Crippen molar-refractivity contribution >= 4 is 28.9 Å². The topological polar surface area (TPSA) is 110 Å². The molecule has 0 radical (unpaired) electrons. The van der Waals surface area contributed by atoms with Gasteiger partial charge in [0.15, 0.2) is 16.3 Å². The second-order valence-corrected chi connectivity index (χ2v) is 5.86. The molecule has 0 saturated carbocycles. The van der Waals surface area contributed by atoms with Gasteiger partial charge in [-0.3, -0.25) is 9.78 Å². The van der Waals surface area contributed by atoms with Crippen molar-refractivity contribution in [3.8, 4) is 0 Å². The number of hydrogen-bond donors (Lipinski definition) is 3. The van der Waals surface area contributed by atoms with Gasteiger partial charge < -0.3 is 15.4 Å². The number of thioether (sulfide) groups is 1. The minimum Gasteiger partial charge on any atom is -0.395 e. The predicted molar refractivity (Wildman–Crippen MR) is 84.5 cm³/mol. The monoisotopic (exact) mass is 311 g/mol. The number of fused-ring (bicyclic) bond motifs is 1. The lowest BCUT2D eigenvalue weighted by molar-refractivity contribution is 0.273.